The second-order valence-electron chi connectivity index (χ2n) is 19.3. The number of unbranched alkanes of at least 4 members (excludes halogenated alkanes) is 28. The van der Waals surface area contributed by atoms with Gasteiger partial charge < -0.3 is 50.5 Å². The summed E-state index contributed by atoms with van der Waals surface area (Å²) in [7, 11) is 0. The molecule has 0 radical (unpaired) electrons. The standard InChI is InChI=1S/C55H103NO10/c1-3-5-7-9-11-13-14-15-16-17-18-19-20-21-22-23-24-25-26-27-28-29-30-31-32-33-35-37-39-41-43-48(59)54(64)56-46(45-65-55-53(63)52(62)51(61)49(44-57)66-55)50(60)47(58)42-40-38-36-34-12-10-8-6-4-2/h18-19,21-22,34,36,46-53,55,57-63H,3-17,20,23-33,35,37-45H2,1-2H3,(H,56,64)/b19-18-,22-21-,36-34+. The lowest BCUT2D eigenvalue weighted by molar-refractivity contribution is -0.303. The van der Waals surface area contributed by atoms with E-state index >= 15 is 0 Å². The quantitative estimate of drug-likeness (QED) is 0.0215. The molecule has 11 nitrogen and oxygen atoms in total. The van der Waals surface area contributed by atoms with E-state index in [1.165, 1.54) is 154 Å². The number of amides is 1. The van der Waals surface area contributed by atoms with E-state index in [0.717, 1.165) is 44.9 Å². The molecule has 0 aromatic heterocycles. The van der Waals surface area contributed by atoms with Crippen LogP contribution in [0.25, 0.3) is 0 Å². The minimum absolute atomic E-state index is 0.253. The van der Waals surface area contributed by atoms with Crippen molar-refractivity contribution in [2.75, 3.05) is 13.2 Å². The Morgan fingerprint density at radius 2 is 0.939 bits per heavy atom. The Balaban J connectivity index is 2.21. The zero-order valence-electron chi connectivity index (χ0n) is 42.2. The van der Waals surface area contributed by atoms with Crippen molar-refractivity contribution in [3.8, 4) is 0 Å². The molecule has 388 valence electrons. The van der Waals surface area contributed by atoms with Crippen molar-refractivity contribution in [2.45, 2.75) is 294 Å². The molecule has 1 amide bonds. The van der Waals surface area contributed by atoms with Crippen molar-refractivity contribution < 1.29 is 50.0 Å². The lowest BCUT2D eigenvalue weighted by atomic mass is 9.98. The van der Waals surface area contributed by atoms with Gasteiger partial charge in [-0.2, -0.15) is 0 Å². The molecule has 0 aromatic rings. The Hall–Kier alpha value is -1.67. The SMILES string of the molecule is CCCCCC/C=C/CCCC(O)C(O)C(COC1OC(CO)C(O)C(O)C1O)NC(=O)C(O)CCCCCCCCCCCCCCCC/C=C\C/C=C\CCCCCCCCCCC. The van der Waals surface area contributed by atoms with E-state index in [4.69, 9.17) is 9.47 Å². The van der Waals surface area contributed by atoms with Crippen molar-refractivity contribution in [1.29, 1.82) is 0 Å². The number of nitrogens with one attached hydrogen (secondary N) is 1. The van der Waals surface area contributed by atoms with Crippen molar-refractivity contribution in [2.24, 2.45) is 0 Å². The van der Waals surface area contributed by atoms with Crippen LogP contribution < -0.4 is 5.32 Å². The van der Waals surface area contributed by atoms with Crippen LogP contribution >= 0.6 is 0 Å². The summed E-state index contributed by atoms with van der Waals surface area (Å²) in [6.07, 6.45) is 42.4. The maximum atomic E-state index is 13.1. The summed E-state index contributed by atoms with van der Waals surface area (Å²) in [5, 5.41) is 75.6. The van der Waals surface area contributed by atoms with E-state index in [9.17, 15) is 40.5 Å². The number of carbonyl (C=O) groups excluding carboxylic acids is 1. The van der Waals surface area contributed by atoms with Gasteiger partial charge in [0.1, 0.15) is 36.6 Å². The maximum Gasteiger partial charge on any atom is 0.249 e. The Morgan fingerprint density at radius 1 is 0.530 bits per heavy atom. The highest BCUT2D eigenvalue weighted by atomic mass is 16.7. The zero-order chi connectivity index (χ0) is 48.3. The zero-order valence-corrected chi connectivity index (χ0v) is 42.2. The number of hydrogen-bond acceptors (Lipinski definition) is 10. The van der Waals surface area contributed by atoms with Crippen LogP contribution in [0.15, 0.2) is 36.5 Å². The van der Waals surface area contributed by atoms with Crippen LogP contribution in [0.4, 0.5) is 0 Å². The van der Waals surface area contributed by atoms with Crippen LogP contribution in [0, 0.1) is 0 Å². The number of aliphatic hydroxyl groups excluding tert-OH is 7. The van der Waals surface area contributed by atoms with E-state index in [2.05, 4.69) is 55.6 Å². The monoisotopic (exact) mass is 938 g/mol. The molecule has 1 fully saturated rings. The molecule has 0 spiro atoms. The van der Waals surface area contributed by atoms with Gasteiger partial charge in [0.2, 0.25) is 5.91 Å². The molecular formula is C55H103NO10. The predicted molar refractivity (Wildman–Crippen MR) is 270 cm³/mol. The van der Waals surface area contributed by atoms with Crippen molar-refractivity contribution in [3.05, 3.63) is 36.5 Å². The molecule has 1 rings (SSSR count). The van der Waals surface area contributed by atoms with Crippen molar-refractivity contribution in [3.63, 3.8) is 0 Å². The van der Waals surface area contributed by atoms with E-state index in [0.29, 0.717) is 12.8 Å². The summed E-state index contributed by atoms with van der Waals surface area (Å²) in [5.41, 5.74) is 0. The Labute approximate surface area is 403 Å². The molecule has 9 unspecified atom stereocenters. The van der Waals surface area contributed by atoms with Gasteiger partial charge in [-0.1, -0.05) is 204 Å². The molecule has 11 heteroatoms. The van der Waals surface area contributed by atoms with E-state index in [1.807, 2.05) is 0 Å². The summed E-state index contributed by atoms with van der Waals surface area (Å²) in [4.78, 5) is 13.1. The minimum atomic E-state index is -1.67. The van der Waals surface area contributed by atoms with Gasteiger partial charge in [0.25, 0.3) is 0 Å². The number of rotatable bonds is 46. The second-order valence-corrected chi connectivity index (χ2v) is 19.3. The van der Waals surface area contributed by atoms with Crippen LogP contribution in [-0.4, -0.2) is 110 Å². The number of allylic oxidation sites excluding steroid dienone is 6. The molecular weight excluding hydrogens is 835 g/mol. The van der Waals surface area contributed by atoms with Crippen LogP contribution in [0.1, 0.15) is 239 Å². The van der Waals surface area contributed by atoms with Crippen LogP contribution in [0.3, 0.4) is 0 Å². The third kappa shape index (κ3) is 33.0. The van der Waals surface area contributed by atoms with Gasteiger partial charge in [-0.3, -0.25) is 4.79 Å². The third-order valence-corrected chi connectivity index (χ3v) is 13.2. The average molecular weight is 938 g/mol. The molecule has 66 heavy (non-hydrogen) atoms. The average Bonchev–Trinajstić information content (AvgIpc) is 3.32. The van der Waals surface area contributed by atoms with Gasteiger partial charge >= 0.3 is 0 Å². The number of ether oxygens (including phenoxy) is 2. The number of carbonyl (C=O) groups is 1. The molecule has 1 heterocycles. The molecule has 1 aliphatic rings. The summed E-state index contributed by atoms with van der Waals surface area (Å²) >= 11 is 0. The van der Waals surface area contributed by atoms with Gasteiger partial charge in [-0.05, 0) is 70.6 Å². The molecule has 1 saturated heterocycles. The van der Waals surface area contributed by atoms with E-state index < -0.39 is 74.2 Å². The van der Waals surface area contributed by atoms with Gasteiger partial charge in [0.15, 0.2) is 6.29 Å². The summed E-state index contributed by atoms with van der Waals surface area (Å²) < 4.78 is 11.1. The van der Waals surface area contributed by atoms with Crippen LogP contribution in [0.2, 0.25) is 0 Å². The van der Waals surface area contributed by atoms with Crippen molar-refractivity contribution >= 4 is 5.91 Å². The first-order valence-electron chi connectivity index (χ1n) is 27.4. The molecule has 0 aromatic carbocycles. The van der Waals surface area contributed by atoms with E-state index in [1.54, 1.807) is 0 Å². The lowest BCUT2D eigenvalue weighted by Gasteiger charge is -2.40. The highest BCUT2D eigenvalue weighted by molar-refractivity contribution is 5.80. The maximum absolute atomic E-state index is 13.1. The first-order valence-corrected chi connectivity index (χ1v) is 27.4. The summed E-state index contributed by atoms with van der Waals surface area (Å²) in [5.74, 6) is -0.708. The third-order valence-electron chi connectivity index (χ3n) is 13.2. The number of aliphatic hydroxyl groups is 7. The fourth-order valence-corrected chi connectivity index (χ4v) is 8.65. The Bertz CT molecular complexity index is 1170. The normalized spacial score (nSPS) is 21.0. The van der Waals surface area contributed by atoms with Gasteiger partial charge in [0.05, 0.1) is 25.4 Å². The Morgan fingerprint density at radius 3 is 1.41 bits per heavy atom. The predicted octanol–water partition coefficient (Wildman–Crippen LogP) is 10.7. The largest absolute Gasteiger partial charge is 0.394 e. The van der Waals surface area contributed by atoms with Gasteiger partial charge in [-0.25, -0.2) is 0 Å². The molecule has 9 atom stereocenters. The van der Waals surface area contributed by atoms with E-state index in [-0.39, 0.29) is 12.8 Å². The molecule has 8 N–H and O–H groups in total. The highest BCUT2D eigenvalue weighted by Crippen LogP contribution is 2.23. The lowest BCUT2D eigenvalue weighted by Crippen LogP contribution is -2.60. The summed E-state index contributed by atoms with van der Waals surface area (Å²) in [6, 6.07) is -1.18. The first kappa shape index (κ1) is 62.3. The topological polar surface area (TPSA) is 189 Å². The fourth-order valence-electron chi connectivity index (χ4n) is 8.65. The molecule has 0 aliphatic carbocycles. The number of hydrogen-bond donors (Lipinski definition) is 8. The highest BCUT2D eigenvalue weighted by Gasteiger charge is 2.44. The molecule has 1 aliphatic heterocycles. The molecule has 0 saturated carbocycles. The summed E-state index contributed by atoms with van der Waals surface area (Å²) in [6.45, 7) is 3.39. The van der Waals surface area contributed by atoms with Crippen LogP contribution in [0.5, 0.6) is 0 Å². The second kappa shape index (κ2) is 44.5. The van der Waals surface area contributed by atoms with Gasteiger partial charge in [-0.15, -0.1) is 0 Å². The first-order chi connectivity index (χ1) is 32.2. The van der Waals surface area contributed by atoms with Gasteiger partial charge in [0, 0.05) is 0 Å². The molecule has 0 bridgehead atoms. The minimum Gasteiger partial charge on any atom is -0.394 e. The fraction of sp³-hybridized carbons (Fsp3) is 0.873. The Kier molecular flexibility index (Phi) is 42.1. The smallest absolute Gasteiger partial charge is 0.249 e. The van der Waals surface area contributed by atoms with Crippen LogP contribution in [-0.2, 0) is 14.3 Å². The van der Waals surface area contributed by atoms with Crippen molar-refractivity contribution in [1.82, 2.24) is 5.32 Å².